The normalized spacial score (nSPS) is 25.4. The lowest BCUT2D eigenvalue weighted by Gasteiger charge is -2.40. The molecule has 3 fully saturated rings. The van der Waals surface area contributed by atoms with Crippen molar-refractivity contribution >= 4 is 47.2 Å². The Balaban J connectivity index is 0.00000316. The zero-order chi connectivity index (χ0) is 28.7. The number of aliphatic hydroxyl groups is 1. The first-order chi connectivity index (χ1) is 19.5. The molecule has 224 valence electrons. The zero-order valence-corrected chi connectivity index (χ0v) is 24.7. The number of hydrogen-bond donors (Lipinski definition) is 2. The van der Waals surface area contributed by atoms with Gasteiger partial charge in [-0.2, -0.15) is 13.2 Å². The number of halogens is 6. The summed E-state index contributed by atoms with van der Waals surface area (Å²) < 4.78 is 49.2. The number of alkyl halides is 3. The molecular weight excluding hydrogens is 614 g/mol. The molecule has 12 heteroatoms. The van der Waals surface area contributed by atoms with E-state index in [-0.39, 0.29) is 57.6 Å². The van der Waals surface area contributed by atoms with Gasteiger partial charge in [-0.1, -0.05) is 29.3 Å². The predicted octanol–water partition coefficient (Wildman–Crippen LogP) is 7.23. The molecule has 3 aromatic rings. The van der Waals surface area contributed by atoms with Crippen LogP contribution in [0.2, 0.25) is 10.0 Å². The SMILES string of the molecule is Cl.O=C1N(CC2CC(NC(C3CC3)C3CC3)C2)c2cc(-c3ncco3)cc(C(F)(F)F)c2C1(O)c1ccc(Cl)cc1Cl. The number of hydrogen-bond acceptors (Lipinski definition) is 5. The van der Waals surface area contributed by atoms with Gasteiger partial charge in [0.15, 0.2) is 5.60 Å². The summed E-state index contributed by atoms with van der Waals surface area (Å²) in [6.07, 6.45) is 4.38. The van der Waals surface area contributed by atoms with Crippen molar-refractivity contribution in [2.75, 3.05) is 11.4 Å². The third kappa shape index (κ3) is 5.11. The van der Waals surface area contributed by atoms with Crippen molar-refractivity contribution in [3.8, 4) is 11.5 Å². The van der Waals surface area contributed by atoms with Gasteiger partial charge in [-0.05, 0) is 80.5 Å². The number of anilines is 1. The number of oxazole rings is 1. The minimum atomic E-state index is -4.90. The van der Waals surface area contributed by atoms with Crippen LogP contribution >= 0.6 is 35.6 Å². The molecule has 1 unspecified atom stereocenters. The zero-order valence-electron chi connectivity index (χ0n) is 22.3. The highest BCUT2D eigenvalue weighted by Crippen LogP contribution is 2.54. The molecule has 0 bridgehead atoms. The Bertz CT molecular complexity index is 1490. The quantitative estimate of drug-likeness (QED) is 0.271. The standard InChI is InChI=1S/C30H28Cl2F3N3O3.ClH/c31-19-5-6-21(23(32)13-19)29(40)25-22(30(33,34)35)11-18(27-36-7-8-41-27)12-24(25)38(28(29)39)14-15-9-20(10-15)37-26(16-1-2-16)17-3-4-17;/h5-8,11-13,15-17,20,26,37,40H,1-4,9-10,14H2;1H. The summed E-state index contributed by atoms with van der Waals surface area (Å²) in [4.78, 5) is 19.4. The van der Waals surface area contributed by atoms with Gasteiger partial charge >= 0.3 is 6.18 Å². The Kier molecular flexibility index (Phi) is 7.58. The Morgan fingerprint density at radius 2 is 1.81 bits per heavy atom. The van der Waals surface area contributed by atoms with Crippen molar-refractivity contribution in [2.45, 2.75) is 62.4 Å². The van der Waals surface area contributed by atoms with Crippen LogP contribution in [0.3, 0.4) is 0 Å². The average Bonchev–Trinajstić information content (AvgIpc) is 3.84. The van der Waals surface area contributed by atoms with Crippen LogP contribution in [-0.4, -0.2) is 34.6 Å². The Labute approximate surface area is 257 Å². The molecule has 2 heterocycles. The summed E-state index contributed by atoms with van der Waals surface area (Å²) in [7, 11) is 0. The Morgan fingerprint density at radius 1 is 1.12 bits per heavy atom. The summed E-state index contributed by atoms with van der Waals surface area (Å²) in [5, 5.41) is 16.0. The van der Waals surface area contributed by atoms with E-state index in [1.165, 1.54) is 67.3 Å². The van der Waals surface area contributed by atoms with E-state index in [0.717, 1.165) is 30.7 Å². The Hall–Kier alpha value is -2.30. The molecule has 0 spiro atoms. The van der Waals surface area contributed by atoms with Crippen molar-refractivity contribution in [1.82, 2.24) is 10.3 Å². The molecule has 2 aromatic carbocycles. The molecule has 1 aromatic heterocycles. The van der Waals surface area contributed by atoms with E-state index >= 15 is 0 Å². The number of benzene rings is 2. The summed E-state index contributed by atoms with van der Waals surface area (Å²) >= 11 is 12.4. The monoisotopic (exact) mass is 641 g/mol. The highest BCUT2D eigenvalue weighted by Gasteiger charge is 2.57. The molecule has 42 heavy (non-hydrogen) atoms. The van der Waals surface area contributed by atoms with Gasteiger partial charge in [0.1, 0.15) is 6.26 Å². The van der Waals surface area contributed by atoms with Crippen molar-refractivity contribution in [3.05, 3.63) is 69.5 Å². The van der Waals surface area contributed by atoms with Gasteiger partial charge in [0.2, 0.25) is 5.89 Å². The summed E-state index contributed by atoms with van der Waals surface area (Å²) in [6.45, 7) is 0.168. The van der Waals surface area contributed by atoms with Crippen molar-refractivity contribution in [1.29, 1.82) is 0 Å². The van der Waals surface area contributed by atoms with Crippen LogP contribution in [0.15, 0.2) is 47.2 Å². The van der Waals surface area contributed by atoms with E-state index < -0.39 is 28.8 Å². The number of fused-ring (bicyclic) bond motifs is 1. The average molecular weight is 643 g/mol. The van der Waals surface area contributed by atoms with Crippen LogP contribution in [0.1, 0.15) is 55.2 Å². The molecule has 1 amide bonds. The summed E-state index contributed by atoms with van der Waals surface area (Å²) in [5.74, 6) is 0.664. The second-order valence-electron chi connectivity index (χ2n) is 11.9. The highest BCUT2D eigenvalue weighted by molar-refractivity contribution is 6.35. The van der Waals surface area contributed by atoms with Crippen LogP contribution in [-0.2, 0) is 16.6 Å². The maximum absolute atomic E-state index is 14.6. The molecule has 2 N–H and O–H groups in total. The molecule has 7 rings (SSSR count). The number of carbonyl (C=O) groups excluding carboxylic acids is 1. The summed E-state index contributed by atoms with van der Waals surface area (Å²) in [5.41, 5.74) is -4.51. The van der Waals surface area contributed by atoms with Gasteiger partial charge in [0.25, 0.3) is 5.91 Å². The molecule has 1 atom stereocenters. The first-order valence-electron chi connectivity index (χ1n) is 14.0. The van der Waals surface area contributed by atoms with E-state index in [9.17, 15) is 23.1 Å². The molecule has 4 aliphatic rings. The third-order valence-corrected chi connectivity index (χ3v) is 9.54. The fraction of sp³-hybridized carbons (Fsp3) is 0.467. The second-order valence-corrected chi connectivity index (χ2v) is 12.7. The van der Waals surface area contributed by atoms with Crippen LogP contribution in [0.5, 0.6) is 0 Å². The molecule has 6 nitrogen and oxygen atoms in total. The maximum Gasteiger partial charge on any atom is 0.416 e. The lowest BCUT2D eigenvalue weighted by molar-refractivity contribution is -0.142. The highest BCUT2D eigenvalue weighted by atomic mass is 35.5. The summed E-state index contributed by atoms with van der Waals surface area (Å²) in [6, 6.07) is 7.15. The lowest BCUT2D eigenvalue weighted by atomic mass is 9.79. The first kappa shape index (κ1) is 29.8. The predicted molar refractivity (Wildman–Crippen MR) is 155 cm³/mol. The van der Waals surface area contributed by atoms with E-state index in [1.807, 2.05) is 0 Å². The fourth-order valence-electron chi connectivity index (χ4n) is 6.68. The van der Waals surface area contributed by atoms with Crippen LogP contribution in [0, 0.1) is 17.8 Å². The fourth-order valence-corrected chi connectivity index (χ4v) is 7.22. The molecule has 3 saturated carbocycles. The molecule has 1 aliphatic heterocycles. The topological polar surface area (TPSA) is 78.6 Å². The van der Waals surface area contributed by atoms with Crippen molar-refractivity contribution in [3.63, 3.8) is 0 Å². The molecule has 0 saturated heterocycles. The molecular formula is C30H29Cl3F3N3O3. The number of nitrogens with zero attached hydrogens (tertiary/aromatic N) is 2. The largest absolute Gasteiger partial charge is 0.445 e. The van der Waals surface area contributed by atoms with Gasteiger partial charge in [-0.3, -0.25) is 4.79 Å². The molecule has 3 aliphatic carbocycles. The second kappa shape index (κ2) is 10.7. The number of amides is 1. The van der Waals surface area contributed by atoms with Gasteiger partial charge in [-0.25, -0.2) is 4.98 Å². The smallest absolute Gasteiger partial charge is 0.416 e. The first-order valence-corrected chi connectivity index (χ1v) is 14.7. The molecule has 0 radical (unpaired) electrons. The van der Waals surface area contributed by atoms with Gasteiger partial charge < -0.3 is 19.7 Å². The van der Waals surface area contributed by atoms with E-state index in [4.69, 9.17) is 27.6 Å². The number of nitrogens with one attached hydrogen (secondary N) is 1. The number of rotatable bonds is 8. The lowest BCUT2D eigenvalue weighted by Crippen LogP contribution is -2.51. The van der Waals surface area contributed by atoms with Gasteiger partial charge in [0, 0.05) is 45.4 Å². The number of carbonyl (C=O) groups is 1. The minimum absolute atomic E-state index is 0. The van der Waals surface area contributed by atoms with Gasteiger partial charge in [0.05, 0.1) is 17.4 Å². The van der Waals surface area contributed by atoms with E-state index in [0.29, 0.717) is 12.1 Å². The van der Waals surface area contributed by atoms with Crippen LogP contribution < -0.4 is 10.2 Å². The van der Waals surface area contributed by atoms with Gasteiger partial charge in [-0.15, -0.1) is 12.4 Å². The van der Waals surface area contributed by atoms with Crippen LogP contribution in [0.4, 0.5) is 18.9 Å². The third-order valence-electron chi connectivity index (χ3n) is 8.99. The van der Waals surface area contributed by atoms with E-state index in [2.05, 4.69) is 10.3 Å². The minimum Gasteiger partial charge on any atom is -0.445 e. The van der Waals surface area contributed by atoms with Crippen molar-refractivity contribution in [2.24, 2.45) is 17.8 Å². The van der Waals surface area contributed by atoms with Crippen LogP contribution in [0.25, 0.3) is 11.5 Å². The number of aromatic nitrogens is 1. The Morgan fingerprint density at radius 3 is 2.38 bits per heavy atom. The maximum atomic E-state index is 14.6. The van der Waals surface area contributed by atoms with Crippen molar-refractivity contribution < 1.29 is 27.5 Å². The van der Waals surface area contributed by atoms with E-state index in [1.54, 1.807) is 0 Å².